The van der Waals surface area contributed by atoms with Crippen molar-refractivity contribution in [2.75, 3.05) is 13.2 Å². The van der Waals surface area contributed by atoms with Crippen LogP contribution in [-0.4, -0.2) is 47.4 Å². The monoisotopic (exact) mass is 1120 g/mol. The molecule has 2 unspecified atom stereocenters. The number of allylic oxidation sites excluding steroid dienone is 7. The van der Waals surface area contributed by atoms with Crippen LogP contribution in [0.1, 0.15) is 386 Å². The summed E-state index contributed by atoms with van der Waals surface area (Å²) in [5, 5.41) is 23.1. The van der Waals surface area contributed by atoms with Crippen molar-refractivity contribution < 1.29 is 24.5 Å². The molecule has 0 fully saturated rings. The summed E-state index contributed by atoms with van der Waals surface area (Å²) in [5.74, 6) is -0.0503. The van der Waals surface area contributed by atoms with E-state index in [1.165, 1.54) is 308 Å². The Hall–Kier alpha value is -2.18. The second-order valence-corrected chi connectivity index (χ2v) is 24.6. The van der Waals surface area contributed by atoms with E-state index in [4.69, 9.17) is 4.74 Å². The fourth-order valence-electron chi connectivity index (χ4n) is 11.1. The number of hydrogen-bond donors (Lipinski definition) is 3. The molecule has 0 aliphatic heterocycles. The first-order valence-electron chi connectivity index (χ1n) is 35.9. The van der Waals surface area contributed by atoms with E-state index in [2.05, 4.69) is 55.6 Å². The van der Waals surface area contributed by atoms with Crippen LogP contribution in [-0.2, 0) is 14.3 Å². The van der Waals surface area contributed by atoms with Gasteiger partial charge >= 0.3 is 5.97 Å². The molecule has 0 saturated heterocycles. The summed E-state index contributed by atoms with van der Waals surface area (Å²) in [7, 11) is 0. The van der Waals surface area contributed by atoms with Crippen molar-refractivity contribution in [1.82, 2.24) is 5.32 Å². The molecule has 0 aromatic rings. The Morgan fingerprint density at radius 2 is 0.625 bits per heavy atom. The number of amides is 1. The van der Waals surface area contributed by atoms with Gasteiger partial charge in [0, 0.05) is 12.8 Å². The number of nitrogens with one attached hydrogen (secondary N) is 1. The number of aliphatic hydroxyl groups is 2. The minimum Gasteiger partial charge on any atom is -0.466 e. The number of hydrogen-bond acceptors (Lipinski definition) is 5. The van der Waals surface area contributed by atoms with Crippen LogP contribution >= 0.6 is 0 Å². The second-order valence-electron chi connectivity index (χ2n) is 24.6. The van der Waals surface area contributed by atoms with Crippen molar-refractivity contribution in [3.63, 3.8) is 0 Å². The summed E-state index contributed by atoms with van der Waals surface area (Å²) in [6.45, 7) is 4.89. The van der Waals surface area contributed by atoms with Crippen LogP contribution in [0, 0.1) is 0 Å². The predicted molar refractivity (Wildman–Crippen MR) is 352 cm³/mol. The maximum Gasteiger partial charge on any atom is 0.305 e. The van der Waals surface area contributed by atoms with Gasteiger partial charge in [-0.25, -0.2) is 0 Å². The van der Waals surface area contributed by atoms with Crippen LogP contribution in [0.25, 0.3) is 0 Å². The molecular formula is C74H139NO5. The zero-order valence-electron chi connectivity index (χ0n) is 53.8. The van der Waals surface area contributed by atoms with E-state index in [1.54, 1.807) is 6.08 Å². The number of aliphatic hydroxyl groups excluding tert-OH is 2. The first kappa shape index (κ1) is 77.8. The largest absolute Gasteiger partial charge is 0.466 e. The van der Waals surface area contributed by atoms with Gasteiger partial charge in [0.05, 0.1) is 25.4 Å². The molecule has 1 amide bonds. The van der Waals surface area contributed by atoms with Gasteiger partial charge in [-0.1, -0.05) is 332 Å². The highest BCUT2D eigenvalue weighted by atomic mass is 16.5. The van der Waals surface area contributed by atoms with Gasteiger partial charge in [0.2, 0.25) is 5.91 Å². The molecule has 0 aliphatic rings. The Bertz CT molecular complexity index is 1340. The molecule has 0 rings (SSSR count). The van der Waals surface area contributed by atoms with Crippen molar-refractivity contribution >= 4 is 11.9 Å². The number of carbonyl (C=O) groups excluding carboxylic acids is 2. The molecule has 0 aromatic heterocycles. The SMILES string of the molecule is CCCCC/C=C\C/C=C\CCCCCCCCCCCC(=O)OCCCCCCCCCCCCCC/C=C\CCCCCCCCCCCCCCCCCCCC(=O)NC(CO)C(O)/C=C/CCCCCCCCCCC. The van der Waals surface area contributed by atoms with Crippen LogP contribution in [0.15, 0.2) is 48.6 Å². The van der Waals surface area contributed by atoms with E-state index >= 15 is 0 Å². The summed E-state index contributed by atoms with van der Waals surface area (Å²) in [6.07, 6.45) is 90.7. The molecule has 3 N–H and O–H groups in total. The summed E-state index contributed by atoms with van der Waals surface area (Å²) < 4.78 is 5.51. The topological polar surface area (TPSA) is 95.9 Å². The standard InChI is InChI=1S/C74H139NO5/c1-3-5-7-9-11-13-15-16-17-18-34-38-41-44-48-52-56-60-64-68-74(79)80-69-65-61-57-53-49-45-42-39-36-33-31-29-27-25-23-21-19-20-22-24-26-28-30-32-35-37-40-43-47-51-55-59-63-67-73(78)75-71(70-76)72(77)66-62-58-54-50-46-14-12-10-8-6-4-2/h11,13,16-17,23,25,62,66,71-72,76-77H,3-10,12,14-15,18-22,24,26-61,63-65,67-70H2,1-2H3,(H,75,78)/b13-11-,17-16-,25-23-,66-62+. The first-order chi connectivity index (χ1) is 39.5. The predicted octanol–water partition coefficient (Wildman–Crippen LogP) is 23.3. The molecular weight excluding hydrogens is 983 g/mol. The fourth-order valence-corrected chi connectivity index (χ4v) is 11.1. The van der Waals surface area contributed by atoms with Crippen LogP contribution in [0.3, 0.4) is 0 Å². The minimum absolute atomic E-state index is 0.0147. The summed E-state index contributed by atoms with van der Waals surface area (Å²) in [6, 6.07) is -0.624. The van der Waals surface area contributed by atoms with E-state index in [9.17, 15) is 19.8 Å². The van der Waals surface area contributed by atoms with Crippen molar-refractivity contribution in [2.45, 2.75) is 398 Å². The van der Waals surface area contributed by atoms with E-state index in [0.717, 1.165) is 51.4 Å². The van der Waals surface area contributed by atoms with E-state index in [1.807, 2.05) is 6.08 Å². The summed E-state index contributed by atoms with van der Waals surface area (Å²) in [4.78, 5) is 24.6. The number of carbonyl (C=O) groups is 2. The molecule has 6 nitrogen and oxygen atoms in total. The van der Waals surface area contributed by atoms with Crippen LogP contribution in [0.5, 0.6) is 0 Å². The van der Waals surface area contributed by atoms with E-state index < -0.39 is 12.1 Å². The van der Waals surface area contributed by atoms with Gasteiger partial charge in [-0.05, 0) is 89.9 Å². The molecule has 470 valence electrons. The molecule has 0 bridgehead atoms. The number of esters is 1. The van der Waals surface area contributed by atoms with Crippen LogP contribution in [0.2, 0.25) is 0 Å². The third-order valence-electron chi connectivity index (χ3n) is 16.6. The molecule has 0 radical (unpaired) electrons. The van der Waals surface area contributed by atoms with Crippen LogP contribution in [0.4, 0.5) is 0 Å². The van der Waals surface area contributed by atoms with Crippen molar-refractivity contribution in [3.8, 4) is 0 Å². The Labute approximate surface area is 499 Å². The Kier molecular flexibility index (Phi) is 67.4. The van der Waals surface area contributed by atoms with E-state index in [0.29, 0.717) is 19.4 Å². The quantitative estimate of drug-likeness (QED) is 0.0320. The minimum atomic E-state index is -0.841. The third kappa shape index (κ3) is 65.0. The van der Waals surface area contributed by atoms with Gasteiger partial charge in [-0.3, -0.25) is 9.59 Å². The number of ether oxygens (including phenoxy) is 1. The Balaban J connectivity index is 3.33. The molecule has 6 heteroatoms. The molecule has 0 aliphatic carbocycles. The van der Waals surface area contributed by atoms with Crippen LogP contribution < -0.4 is 5.32 Å². The van der Waals surface area contributed by atoms with Gasteiger partial charge in [0.1, 0.15) is 0 Å². The smallest absolute Gasteiger partial charge is 0.305 e. The summed E-state index contributed by atoms with van der Waals surface area (Å²) >= 11 is 0. The van der Waals surface area contributed by atoms with Gasteiger partial charge in [-0.2, -0.15) is 0 Å². The van der Waals surface area contributed by atoms with Gasteiger partial charge < -0.3 is 20.3 Å². The maximum atomic E-state index is 12.4. The Morgan fingerprint density at radius 3 is 0.988 bits per heavy atom. The first-order valence-corrected chi connectivity index (χ1v) is 35.9. The second kappa shape index (κ2) is 69.3. The molecule has 0 spiro atoms. The van der Waals surface area contributed by atoms with Gasteiger partial charge in [-0.15, -0.1) is 0 Å². The number of rotatable bonds is 67. The lowest BCUT2D eigenvalue weighted by atomic mass is 10.0. The lowest BCUT2D eigenvalue weighted by Crippen LogP contribution is -2.45. The molecule has 2 atom stereocenters. The highest BCUT2D eigenvalue weighted by Crippen LogP contribution is 2.18. The van der Waals surface area contributed by atoms with Crippen molar-refractivity contribution in [3.05, 3.63) is 48.6 Å². The average molecular weight is 1120 g/mol. The Morgan fingerprint density at radius 1 is 0.350 bits per heavy atom. The molecule has 0 heterocycles. The maximum absolute atomic E-state index is 12.4. The summed E-state index contributed by atoms with van der Waals surface area (Å²) in [5.41, 5.74) is 0. The fraction of sp³-hybridized carbons (Fsp3) is 0.865. The van der Waals surface area contributed by atoms with Crippen molar-refractivity contribution in [1.29, 1.82) is 0 Å². The molecule has 80 heavy (non-hydrogen) atoms. The molecule has 0 saturated carbocycles. The zero-order chi connectivity index (χ0) is 57.8. The normalized spacial score (nSPS) is 12.8. The molecule has 0 aromatic carbocycles. The lowest BCUT2D eigenvalue weighted by molar-refractivity contribution is -0.143. The van der Waals surface area contributed by atoms with Crippen molar-refractivity contribution in [2.24, 2.45) is 0 Å². The van der Waals surface area contributed by atoms with E-state index in [-0.39, 0.29) is 18.5 Å². The number of unbranched alkanes of at least 4 members (excludes halogenated alkanes) is 50. The zero-order valence-corrected chi connectivity index (χ0v) is 53.8. The lowest BCUT2D eigenvalue weighted by Gasteiger charge is -2.20. The van der Waals surface area contributed by atoms with Gasteiger partial charge in [0.25, 0.3) is 0 Å². The van der Waals surface area contributed by atoms with Gasteiger partial charge in [0.15, 0.2) is 0 Å². The highest BCUT2D eigenvalue weighted by Gasteiger charge is 2.18. The third-order valence-corrected chi connectivity index (χ3v) is 16.6. The average Bonchev–Trinajstić information content (AvgIpc) is 3.46. The highest BCUT2D eigenvalue weighted by molar-refractivity contribution is 5.76.